The predicted molar refractivity (Wildman–Crippen MR) is 61.9 cm³/mol. The minimum Gasteiger partial charge on any atom is -0.350 e. The molecule has 1 saturated carbocycles. The lowest BCUT2D eigenvalue weighted by Gasteiger charge is -2.31. The number of rotatable bonds is 3. The summed E-state index contributed by atoms with van der Waals surface area (Å²) in [4.78, 5) is 11.9. The maximum atomic E-state index is 12.9. The van der Waals surface area contributed by atoms with E-state index in [1.165, 1.54) is 6.20 Å². The highest BCUT2D eigenvalue weighted by Gasteiger charge is 2.47. The largest absolute Gasteiger partial charge is 0.392 e. The number of aromatic amines is 1. The smallest absolute Gasteiger partial charge is 0.350 e. The van der Waals surface area contributed by atoms with Crippen molar-refractivity contribution in [2.24, 2.45) is 11.8 Å². The summed E-state index contributed by atoms with van der Waals surface area (Å²) in [5.41, 5.74) is 0.674. The van der Waals surface area contributed by atoms with Gasteiger partial charge in [0.25, 0.3) is 0 Å². The van der Waals surface area contributed by atoms with Crippen LogP contribution in [0.1, 0.15) is 31.4 Å². The molecule has 2 unspecified atom stereocenters. The van der Waals surface area contributed by atoms with Gasteiger partial charge in [-0.15, -0.1) is 0 Å². The zero-order chi connectivity index (χ0) is 13.9. The average molecular weight is 275 g/mol. The molecule has 1 aliphatic rings. The minimum absolute atomic E-state index is 0.0473. The molecule has 0 aliphatic heterocycles. The van der Waals surface area contributed by atoms with Gasteiger partial charge in [-0.05, 0) is 18.9 Å². The summed E-state index contributed by atoms with van der Waals surface area (Å²) in [6.45, 7) is 0.180. The highest BCUT2D eigenvalue weighted by atomic mass is 19.4. The number of aromatic nitrogens is 2. The first-order chi connectivity index (χ1) is 8.98. The van der Waals surface area contributed by atoms with Crippen molar-refractivity contribution in [2.45, 2.75) is 38.4 Å². The first-order valence-electron chi connectivity index (χ1n) is 6.31. The van der Waals surface area contributed by atoms with Crippen molar-refractivity contribution in [3.8, 4) is 0 Å². The Morgan fingerprint density at radius 1 is 1.42 bits per heavy atom. The summed E-state index contributed by atoms with van der Waals surface area (Å²) in [6, 6.07) is 1.67. The van der Waals surface area contributed by atoms with Gasteiger partial charge in [0, 0.05) is 12.1 Å². The number of amides is 1. The first kappa shape index (κ1) is 13.9. The third-order valence-corrected chi connectivity index (χ3v) is 3.53. The number of carbonyl (C=O) groups is 1. The van der Waals surface area contributed by atoms with Crippen molar-refractivity contribution in [1.82, 2.24) is 15.5 Å². The second-order valence-electron chi connectivity index (χ2n) is 4.84. The van der Waals surface area contributed by atoms with Gasteiger partial charge < -0.3 is 5.32 Å². The lowest BCUT2D eigenvalue weighted by atomic mass is 9.78. The number of alkyl halides is 3. The average Bonchev–Trinajstić information content (AvgIpc) is 2.88. The van der Waals surface area contributed by atoms with E-state index >= 15 is 0 Å². The molecule has 2 rings (SSSR count). The van der Waals surface area contributed by atoms with E-state index in [-0.39, 0.29) is 13.0 Å². The molecule has 19 heavy (non-hydrogen) atoms. The zero-order valence-corrected chi connectivity index (χ0v) is 10.3. The van der Waals surface area contributed by atoms with E-state index in [4.69, 9.17) is 0 Å². The quantitative estimate of drug-likeness (QED) is 0.890. The molecule has 2 atom stereocenters. The summed E-state index contributed by atoms with van der Waals surface area (Å²) in [6.07, 6.45) is -1.20. The summed E-state index contributed by atoms with van der Waals surface area (Å²) in [5.74, 6) is -2.99. The summed E-state index contributed by atoms with van der Waals surface area (Å²) in [7, 11) is 0. The fourth-order valence-electron chi connectivity index (χ4n) is 2.53. The van der Waals surface area contributed by atoms with Gasteiger partial charge in [0.1, 0.15) is 0 Å². The molecule has 1 aromatic rings. The molecule has 1 amide bonds. The lowest BCUT2D eigenvalue weighted by Crippen LogP contribution is -2.42. The van der Waals surface area contributed by atoms with Crippen molar-refractivity contribution in [3.05, 3.63) is 18.0 Å². The molecule has 0 saturated heterocycles. The van der Waals surface area contributed by atoms with Crippen LogP contribution in [0.15, 0.2) is 12.3 Å². The summed E-state index contributed by atoms with van der Waals surface area (Å²) < 4.78 is 38.6. The standard InChI is InChI=1S/C12H16F3N3O/c13-12(14,15)10-4-2-1-3-9(10)11(19)16-7-8-5-6-17-18-8/h5-6,9-10H,1-4,7H2,(H,16,19)(H,17,18). The van der Waals surface area contributed by atoms with E-state index in [1.807, 2.05) is 0 Å². The number of nitrogens with zero attached hydrogens (tertiary/aromatic N) is 1. The minimum atomic E-state index is -4.30. The van der Waals surface area contributed by atoms with Crippen LogP contribution in [0.5, 0.6) is 0 Å². The van der Waals surface area contributed by atoms with Crippen LogP contribution in [0.4, 0.5) is 13.2 Å². The Morgan fingerprint density at radius 3 is 2.79 bits per heavy atom. The number of nitrogens with one attached hydrogen (secondary N) is 2. The normalized spacial score (nSPS) is 24.2. The van der Waals surface area contributed by atoms with Crippen LogP contribution in [-0.2, 0) is 11.3 Å². The van der Waals surface area contributed by atoms with E-state index < -0.39 is 23.9 Å². The topological polar surface area (TPSA) is 57.8 Å². The first-order valence-corrected chi connectivity index (χ1v) is 6.31. The van der Waals surface area contributed by atoms with Crippen molar-refractivity contribution in [2.75, 3.05) is 0 Å². The van der Waals surface area contributed by atoms with Crippen LogP contribution in [0.25, 0.3) is 0 Å². The van der Waals surface area contributed by atoms with E-state index in [0.29, 0.717) is 25.0 Å². The van der Waals surface area contributed by atoms with Gasteiger partial charge in [0.15, 0.2) is 0 Å². The third kappa shape index (κ3) is 3.48. The van der Waals surface area contributed by atoms with Crippen LogP contribution < -0.4 is 5.32 Å². The van der Waals surface area contributed by atoms with E-state index in [1.54, 1.807) is 6.07 Å². The van der Waals surface area contributed by atoms with E-state index in [2.05, 4.69) is 15.5 Å². The highest BCUT2D eigenvalue weighted by Crippen LogP contribution is 2.41. The number of hydrogen-bond acceptors (Lipinski definition) is 2. The monoisotopic (exact) mass is 275 g/mol. The van der Waals surface area contributed by atoms with Crippen molar-refractivity contribution < 1.29 is 18.0 Å². The molecule has 7 heteroatoms. The molecule has 0 spiro atoms. The molecule has 1 heterocycles. The van der Waals surface area contributed by atoms with Gasteiger partial charge >= 0.3 is 6.18 Å². The molecular weight excluding hydrogens is 259 g/mol. The second kappa shape index (κ2) is 5.63. The van der Waals surface area contributed by atoms with Crippen molar-refractivity contribution in [3.63, 3.8) is 0 Å². The SMILES string of the molecule is O=C(NCc1ccn[nH]1)C1CCCCC1C(F)(F)F. The fraction of sp³-hybridized carbons (Fsp3) is 0.667. The van der Waals surface area contributed by atoms with Gasteiger partial charge in [0.05, 0.1) is 18.2 Å². The van der Waals surface area contributed by atoms with Gasteiger partial charge in [-0.3, -0.25) is 9.89 Å². The maximum absolute atomic E-state index is 12.9. The van der Waals surface area contributed by atoms with Gasteiger partial charge in [-0.25, -0.2) is 0 Å². The van der Waals surface area contributed by atoms with Gasteiger partial charge in [0.2, 0.25) is 5.91 Å². The molecule has 0 aromatic carbocycles. The van der Waals surface area contributed by atoms with Crippen molar-refractivity contribution >= 4 is 5.91 Å². The molecular formula is C12H16F3N3O. The van der Waals surface area contributed by atoms with E-state index in [0.717, 1.165) is 0 Å². The predicted octanol–water partition coefficient (Wildman–Crippen LogP) is 2.39. The molecule has 0 bridgehead atoms. The lowest BCUT2D eigenvalue weighted by molar-refractivity contribution is -0.198. The Labute approximate surface area is 108 Å². The molecule has 106 valence electrons. The molecule has 4 nitrogen and oxygen atoms in total. The van der Waals surface area contributed by atoms with Crippen LogP contribution in [-0.4, -0.2) is 22.3 Å². The van der Waals surface area contributed by atoms with Crippen LogP contribution in [0.3, 0.4) is 0 Å². The number of hydrogen-bond donors (Lipinski definition) is 2. The Hall–Kier alpha value is -1.53. The van der Waals surface area contributed by atoms with Gasteiger partial charge in [-0.2, -0.15) is 18.3 Å². The summed E-state index contributed by atoms with van der Waals surface area (Å²) >= 11 is 0. The second-order valence-corrected chi connectivity index (χ2v) is 4.84. The molecule has 1 fully saturated rings. The van der Waals surface area contributed by atoms with E-state index in [9.17, 15) is 18.0 Å². The number of H-pyrrole nitrogens is 1. The van der Waals surface area contributed by atoms with Crippen LogP contribution in [0.2, 0.25) is 0 Å². The Bertz CT molecular complexity index is 416. The molecule has 1 aliphatic carbocycles. The van der Waals surface area contributed by atoms with Crippen molar-refractivity contribution in [1.29, 1.82) is 0 Å². The molecule has 1 aromatic heterocycles. The number of carbonyl (C=O) groups excluding carboxylic acids is 1. The Kier molecular flexibility index (Phi) is 4.11. The highest BCUT2D eigenvalue weighted by molar-refractivity contribution is 5.79. The maximum Gasteiger partial charge on any atom is 0.392 e. The Morgan fingerprint density at radius 2 is 2.16 bits per heavy atom. The van der Waals surface area contributed by atoms with Crippen LogP contribution in [0, 0.1) is 11.8 Å². The fourth-order valence-corrected chi connectivity index (χ4v) is 2.53. The van der Waals surface area contributed by atoms with Crippen LogP contribution >= 0.6 is 0 Å². The Balaban J connectivity index is 1.95. The number of halogens is 3. The summed E-state index contributed by atoms with van der Waals surface area (Å²) in [5, 5.41) is 8.91. The zero-order valence-electron chi connectivity index (χ0n) is 10.3. The molecule has 2 N–H and O–H groups in total. The third-order valence-electron chi connectivity index (χ3n) is 3.53. The van der Waals surface area contributed by atoms with Gasteiger partial charge in [-0.1, -0.05) is 12.8 Å². The molecule has 0 radical (unpaired) electrons.